The van der Waals surface area contributed by atoms with Crippen molar-refractivity contribution in [1.82, 2.24) is 25.3 Å². The topological polar surface area (TPSA) is 67.9 Å². The molecule has 2 fully saturated rings. The maximum absolute atomic E-state index is 12.2. The van der Waals surface area contributed by atoms with Gasteiger partial charge in [0.2, 0.25) is 5.91 Å². The Bertz CT molecular complexity index is 673. The number of carbonyl (C=O) groups is 2. The van der Waals surface area contributed by atoms with Crippen molar-refractivity contribution in [3.05, 3.63) is 35.4 Å². The van der Waals surface area contributed by atoms with Gasteiger partial charge in [0, 0.05) is 64.8 Å². The molecule has 2 aliphatic rings. The number of piperazine rings is 1. The summed E-state index contributed by atoms with van der Waals surface area (Å²) >= 11 is 0. The summed E-state index contributed by atoms with van der Waals surface area (Å²) in [6.07, 6.45) is 1.61. The van der Waals surface area contributed by atoms with Crippen molar-refractivity contribution < 1.29 is 9.59 Å². The standard InChI is InChI=1S/C21H33N5O2/c1-17(15-25-11-9-24(2)10-12-25)23-21(28)22-14-18-5-3-6-19(13-18)16-26-8-4-7-20(26)27/h3,5-6,13,17H,4,7-12,14-16H2,1-2H3,(H2,22,23,28). The molecule has 7 nitrogen and oxygen atoms in total. The van der Waals surface area contributed by atoms with Crippen LogP contribution >= 0.6 is 0 Å². The number of nitrogens with zero attached hydrogens (tertiary/aromatic N) is 3. The molecular formula is C21H33N5O2. The van der Waals surface area contributed by atoms with Gasteiger partial charge in [-0.15, -0.1) is 0 Å². The highest BCUT2D eigenvalue weighted by Crippen LogP contribution is 2.15. The number of amides is 3. The summed E-state index contributed by atoms with van der Waals surface area (Å²) in [5.41, 5.74) is 2.16. The number of likely N-dealkylation sites (tertiary alicyclic amines) is 1. The van der Waals surface area contributed by atoms with E-state index in [2.05, 4.69) is 33.5 Å². The number of rotatable bonds is 7. The van der Waals surface area contributed by atoms with Crippen molar-refractivity contribution in [2.45, 2.75) is 38.9 Å². The lowest BCUT2D eigenvalue weighted by Crippen LogP contribution is -2.51. The van der Waals surface area contributed by atoms with Crippen molar-refractivity contribution >= 4 is 11.9 Å². The van der Waals surface area contributed by atoms with Gasteiger partial charge in [0.25, 0.3) is 0 Å². The zero-order valence-corrected chi connectivity index (χ0v) is 17.1. The average molecular weight is 388 g/mol. The first-order valence-electron chi connectivity index (χ1n) is 10.3. The smallest absolute Gasteiger partial charge is 0.315 e. The van der Waals surface area contributed by atoms with Crippen LogP contribution in [-0.2, 0) is 17.9 Å². The van der Waals surface area contributed by atoms with Gasteiger partial charge in [-0.05, 0) is 31.5 Å². The lowest BCUT2D eigenvalue weighted by Gasteiger charge is -2.34. The number of hydrogen-bond acceptors (Lipinski definition) is 4. The van der Waals surface area contributed by atoms with E-state index < -0.39 is 0 Å². The summed E-state index contributed by atoms with van der Waals surface area (Å²) < 4.78 is 0. The molecule has 7 heteroatoms. The lowest BCUT2D eigenvalue weighted by atomic mass is 10.1. The van der Waals surface area contributed by atoms with Gasteiger partial charge in [0.05, 0.1) is 0 Å². The van der Waals surface area contributed by atoms with Gasteiger partial charge in [-0.3, -0.25) is 9.69 Å². The Morgan fingerprint density at radius 2 is 1.89 bits per heavy atom. The molecular weight excluding hydrogens is 354 g/mol. The van der Waals surface area contributed by atoms with Crippen LogP contribution in [0.2, 0.25) is 0 Å². The quantitative estimate of drug-likeness (QED) is 0.739. The Morgan fingerprint density at radius 3 is 2.61 bits per heavy atom. The highest BCUT2D eigenvalue weighted by Gasteiger charge is 2.20. The molecule has 1 aromatic rings. The number of benzene rings is 1. The molecule has 0 spiro atoms. The molecule has 28 heavy (non-hydrogen) atoms. The molecule has 3 amide bonds. The number of hydrogen-bond donors (Lipinski definition) is 2. The molecule has 0 saturated carbocycles. The van der Waals surface area contributed by atoms with Crippen molar-refractivity contribution in [1.29, 1.82) is 0 Å². The molecule has 2 N–H and O–H groups in total. The minimum Gasteiger partial charge on any atom is -0.338 e. The van der Waals surface area contributed by atoms with E-state index in [0.717, 1.165) is 56.8 Å². The molecule has 1 unspecified atom stereocenters. The molecule has 3 rings (SSSR count). The molecule has 2 aliphatic heterocycles. The highest BCUT2D eigenvalue weighted by molar-refractivity contribution is 5.78. The molecule has 2 heterocycles. The first-order valence-corrected chi connectivity index (χ1v) is 10.3. The fraction of sp³-hybridized carbons (Fsp3) is 0.619. The van der Waals surface area contributed by atoms with Gasteiger partial charge in [0.1, 0.15) is 0 Å². The normalized spacial score (nSPS) is 19.6. The van der Waals surface area contributed by atoms with Crippen molar-refractivity contribution in [3.8, 4) is 0 Å². The third-order valence-electron chi connectivity index (χ3n) is 5.49. The van der Waals surface area contributed by atoms with Crippen molar-refractivity contribution in [3.63, 3.8) is 0 Å². The van der Waals surface area contributed by atoms with Crippen LogP contribution in [-0.4, -0.2) is 79.0 Å². The van der Waals surface area contributed by atoms with Crippen LogP contribution in [0.25, 0.3) is 0 Å². The van der Waals surface area contributed by atoms with Gasteiger partial charge in [-0.2, -0.15) is 0 Å². The highest BCUT2D eigenvalue weighted by atomic mass is 16.2. The van der Waals surface area contributed by atoms with Gasteiger partial charge in [-0.25, -0.2) is 4.79 Å². The minimum absolute atomic E-state index is 0.107. The molecule has 1 atom stereocenters. The Labute approximate surface area is 168 Å². The summed E-state index contributed by atoms with van der Waals surface area (Å²) in [7, 11) is 2.14. The summed E-state index contributed by atoms with van der Waals surface area (Å²) in [5, 5.41) is 5.98. The number of nitrogens with one attached hydrogen (secondary N) is 2. The van der Waals surface area contributed by atoms with E-state index >= 15 is 0 Å². The molecule has 0 radical (unpaired) electrons. The second kappa shape index (κ2) is 9.89. The largest absolute Gasteiger partial charge is 0.338 e. The second-order valence-corrected chi connectivity index (χ2v) is 8.07. The molecule has 0 bridgehead atoms. The number of carbonyl (C=O) groups excluding carboxylic acids is 2. The van der Waals surface area contributed by atoms with Crippen molar-refractivity contribution in [2.24, 2.45) is 0 Å². The van der Waals surface area contributed by atoms with Crippen LogP contribution in [0, 0.1) is 0 Å². The third-order valence-corrected chi connectivity index (χ3v) is 5.49. The summed E-state index contributed by atoms with van der Waals surface area (Å²) in [6, 6.07) is 8.06. The summed E-state index contributed by atoms with van der Waals surface area (Å²) in [5.74, 6) is 0.234. The van der Waals surface area contributed by atoms with Crippen LogP contribution in [0.3, 0.4) is 0 Å². The van der Waals surface area contributed by atoms with E-state index in [1.807, 2.05) is 30.0 Å². The first-order chi connectivity index (χ1) is 13.5. The SMILES string of the molecule is CC(CN1CCN(C)CC1)NC(=O)NCc1cccc(CN2CCCC2=O)c1. The van der Waals surface area contributed by atoms with Gasteiger partial charge in [0.15, 0.2) is 0 Å². The average Bonchev–Trinajstić information content (AvgIpc) is 3.07. The molecule has 154 valence electrons. The molecule has 2 saturated heterocycles. The van der Waals surface area contributed by atoms with E-state index in [1.54, 1.807) is 0 Å². The Balaban J connectivity index is 1.40. The zero-order chi connectivity index (χ0) is 19.9. The monoisotopic (exact) mass is 387 g/mol. The van der Waals surface area contributed by atoms with Crippen LogP contribution < -0.4 is 10.6 Å². The van der Waals surface area contributed by atoms with Crippen molar-refractivity contribution in [2.75, 3.05) is 46.3 Å². The van der Waals surface area contributed by atoms with E-state index in [1.165, 1.54) is 0 Å². The predicted octanol–water partition coefficient (Wildman–Crippen LogP) is 1.24. The van der Waals surface area contributed by atoms with Crippen LogP contribution in [0.15, 0.2) is 24.3 Å². The Hall–Kier alpha value is -2.12. The maximum Gasteiger partial charge on any atom is 0.315 e. The van der Waals surface area contributed by atoms with Gasteiger partial charge in [-0.1, -0.05) is 24.3 Å². The van der Waals surface area contributed by atoms with E-state index in [0.29, 0.717) is 19.5 Å². The maximum atomic E-state index is 12.2. The molecule has 1 aromatic carbocycles. The first kappa shape index (κ1) is 20.6. The molecule has 0 aromatic heterocycles. The fourth-order valence-electron chi connectivity index (χ4n) is 3.85. The summed E-state index contributed by atoms with van der Waals surface area (Å²) in [6.45, 7) is 9.17. The second-order valence-electron chi connectivity index (χ2n) is 8.07. The third kappa shape index (κ3) is 6.21. The Morgan fingerprint density at radius 1 is 1.14 bits per heavy atom. The van der Waals surface area contributed by atoms with E-state index in [-0.39, 0.29) is 18.0 Å². The van der Waals surface area contributed by atoms with Crippen LogP contribution in [0.4, 0.5) is 4.79 Å². The molecule has 0 aliphatic carbocycles. The zero-order valence-electron chi connectivity index (χ0n) is 17.1. The predicted molar refractivity (Wildman–Crippen MR) is 110 cm³/mol. The van der Waals surface area contributed by atoms with E-state index in [4.69, 9.17) is 0 Å². The summed E-state index contributed by atoms with van der Waals surface area (Å²) in [4.78, 5) is 30.6. The Kier molecular flexibility index (Phi) is 7.28. The minimum atomic E-state index is -0.137. The number of urea groups is 1. The fourth-order valence-corrected chi connectivity index (χ4v) is 3.85. The van der Waals surface area contributed by atoms with Gasteiger partial charge < -0.3 is 20.4 Å². The van der Waals surface area contributed by atoms with Crippen LogP contribution in [0.1, 0.15) is 30.9 Å². The van der Waals surface area contributed by atoms with E-state index in [9.17, 15) is 9.59 Å². The lowest BCUT2D eigenvalue weighted by molar-refractivity contribution is -0.128. The van der Waals surface area contributed by atoms with Gasteiger partial charge >= 0.3 is 6.03 Å². The van der Waals surface area contributed by atoms with Crippen LogP contribution in [0.5, 0.6) is 0 Å². The number of likely N-dealkylation sites (N-methyl/N-ethyl adjacent to an activating group) is 1.